The maximum Gasteiger partial charge on any atom is 0.206 e. The standard InChI is InChI=1S/C10H10FNO2/c1-14-9-6-7(3-2-4-12)5-8(13)10(9)11/h5-6,13H,2-3H2,1H3. The summed E-state index contributed by atoms with van der Waals surface area (Å²) < 4.78 is 17.8. The SMILES string of the molecule is COc1cc(CCC#N)cc(O)c1F. The van der Waals surface area contributed by atoms with Gasteiger partial charge in [-0.05, 0) is 24.1 Å². The highest BCUT2D eigenvalue weighted by Gasteiger charge is 2.09. The lowest BCUT2D eigenvalue weighted by Crippen LogP contribution is -1.92. The summed E-state index contributed by atoms with van der Waals surface area (Å²) in [5.41, 5.74) is 0.683. The van der Waals surface area contributed by atoms with Crippen LogP contribution in [0.1, 0.15) is 12.0 Å². The molecular weight excluding hydrogens is 185 g/mol. The fourth-order valence-electron chi connectivity index (χ4n) is 1.13. The number of aromatic hydroxyl groups is 1. The maximum absolute atomic E-state index is 13.1. The Hall–Kier alpha value is -1.76. The smallest absolute Gasteiger partial charge is 0.206 e. The number of halogens is 1. The van der Waals surface area contributed by atoms with E-state index in [1.807, 2.05) is 6.07 Å². The molecule has 0 aromatic heterocycles. The lowest BCUT2D eigenvalue weighted by Gasteiger charge is -2.06. The minimum absolute atomic E-state index is 0.00191. The summed E-state index contributed by atoms with van der Waals surface area (Å²) in [4.78, 5) is 0. The van der Waals surface area contributed by atoms with E-state index in [1.165, 1.54) is 19.2 Å². The quantitative estimate of drug-likeness (QED) is 0.802. The molecule has 1 N–H and O–H groups in total. The molecule has 0 aliphatic heterocycles. The predicted octanol–water partition coefficient (Wildman–Crippen LogP) is 2.00. The first-order valence-electron chi connectivity index (χ1n) is 4.11. The van der Waals surface area contributed by atoms with Gasteiger partial charge in [-0.15, -0.1) is 0 Å². The van der Waals surface area contributed by atoms with Crippen molar-refractivity contribution < 1.29 is 14.2 Å². The Morgan fingerprint density at radius 3 is 2.86 bits per heavy atom. The van der Waals surface area contributed by atoms with Crippen LogP contribution in [0.5, 0.6) is 11.5 Å². The van der Waals surface area contributed by atoms with Gasteiger partial charge in [-0.1, -0.05) is 0 Å². The Bertz CT molecular complexity index is 371. The summed E-state index contributed by atoms with van der Waals surface area (Å²) in [6, 6.07) is 4.75. The molecule has 0 aliphatic rings. The average molecular weight is 195 g/mol. The van der Waals surface area contributed by atoms with Crippen molar-refractivity contribution in [3.8, 4) is 17.6 Å². The number of phenols is 1. The van der Waals surface area contributed by atoms with Crippen LogP contribution in [-0.2, 0) is 6.42 Å². The molecule has 3 nitrogen and oxygen atoms in total. The van der Waals surface area contributed by atoms with Crippen LogP contribution in [-0.4, -0.2) is 12.2 Å². The third-order valence-electron chi connectivity index (χ3n) is 1.83. The molecule has 0 fully saturated rings. The topological polar surface area (TPSA) is 53.2 Å². The normalized spacial score (nSPS) is 9.50. The van der Waals surface area contributed by atoms with Crippen molar-refractivity contribution in [2.45, 2.75) is 12.8 Å². The average Bonchev–Trinajstić information content (AvgIpc) is 2.19. The molecule has 14 heavy (non-hydrogen) atoms. The Balaban J connectivity index is 2.98. The van der Waals surface area contributed by atoms with Crippen LogP contribution < -0.4 is 4.74 Å². The van der Waals surface area contributed by atoms with Crippen molar-refractivity contribution in [1.82, 2.24) is 0 Å². The van der Waals surface area contributed by atoms with E-state index >= 15 is 0 Å². The molecule has 0 aliphatic carbocycles. The zero-order chi connectivity index (χ0) is 10.6. The monoisotopic (exact) mass is 195 g/mol. The summed E-state index contributed by atoms with van der Waals surface area (Å²) in [6.07, 6.45) is 0.801. The van der Waals surface area contributed by atoms with E-state index in [0.717, 1.165) is 0 Å². The Kier molecular flexibility index (Phi) is 3.29. The molecule has 0 unspecified atom stereocenters. The molecule has 0 saturated heterocycles. The number of rotatable bonds is 3. The molecule has 0 amide bonds. The van der Waals surface area contributed by atoms with Crippen LogP contribution in [0.4, 0.5) is 4.39 Å². The van der Waals surface area contributed by atoms with Crippen molar-refractivity contribution in [1.29, 1.82) is 5.26 Å². The summed E-state index contributed by atoms with van der Waals surface area (Å²) >= 11 is 0. The van der Waals surface area contributed by atoms with Gasteiger partial charge in [-0.2, -0.15) is 9.65 Å². The predicted molar refractivity (Wildman–Crippen MR) is 48.6 cm³/mol. The number of phenolic OH excluding ortho intramolecular Hbond substituents is 1. The fraction of sp³-hybridized carbons (Fsp3) is 0.300. The van der Waals surface area contributed by atoms with Gasteiger partial charge >= 0.3 is 0 Å². The van der Waals surface area contributed by atoms with Crippen molar-refractivity contribution in [2.75, 3.05) is 7.11 Å². The third-order valence-corrected chi connectivity index (χ3v) is 1.83. The van der Waals surface area contributed by atoms with Crippen LogP contribution >= 0.6 is 0 Å². The number of hydrogen-bond donors (Lipinski definition) is 1. The molecule has 1 aromatic rings. The van der Waals surface area contributed by atoms with Gasteiger partial charge in [-0.3, -0.25) is 0 Å². The van der Waals surface area contributed by atoms with E-state index in [0.29, 0.717) is 18.4 Å². The minimum atomic E-state index is -0.770. The van der Waals surface area contributed by atoms with Gasteiger partial charge in [-0.25, -0.2) is 0 Å². The zero-order valence-electron chi connectivity index (χ0n) is 7.75. The van der Waals surface area contributed by atoms with Crippen LogP contribution in [0.3, 0.4) is 0 Å². The zero-order valence-corrected chi connectivity index (χ0v) is 7.75. The number of benzene rings is 1. The first kappa shape index (κ1) is 10.3. The summed E-state index contributed by atoms with van der Waals surface area (Å²) in [6.45, 7) is 0. The highest BCUT2D eigenvalue weighted by atomic mass is 19.1. The summed E-state index contributed by atoms with van der Waals surface area (Å²) in [5, 5.41) is 17.5. The minimum Gasteiger partial charge on any atom is -0.505 e. The Labute approximate surface area is 81.4 Å². The molecule has 1 rings (SSSR count). The number of aryl methyl sites for hydroxylation is 1. The first-order chi connectivity index (χ1) is 6.69. The second-order valence-electron chi connectivity index (χ2n) is 2.79. The molecule has 0 atom stereocenters. The second kappa shape index (κ2) is 4.47. The van der Waals surface area contributed by atoms with Gasteiger partial charge in [0, 0.05) is 6.42 Å². The van der Waals surface area contributed by atoms with Gasteiger partial charge in [0.05, 0.1) is 13.2 Å². The van der Waals surface area contributed by atoms with Crippen molar-refractivity contribution in [2.24, 2.45) is 0 Å². The molecule has 0 heterocycles. The van der Waals surface area contributed by atoms with Crippen LogP contribution in [0, 0.1) is 17.1 Å². The van der Waals surface area contributed by atoms with Crippen LogP contribution in [0.25, 0.3) is 0 Å². The molecule has 0 bridgehead atoms. The van der Waals surface area contributed by atoms with Gasteiger partial charge in [0.25, 0.3) is 0 Å². The maximum atomic E-state index is 13.1. The molecule has 1 aromatic carbocycles. The van der Waals surface area contributed by atoms with Crippen molar-refractivity contribution in [3.63, 3.8) is 0 Å². The molecule has 0 spiro atoms. The van der Waals surface area contributed by atoms with Crippen LogP contribution in [0.15, 0.2) is 12.1 Å². The van der Waals surface area contributed by atoms with E-state index in [-0.39, 0.29) is 5.75 Å². The number of ether oxygens (including phenoxy) is 1. The van der Waals surface area contributed by atoms with Gasteiger partial charge in [0.15, 0.2) is 11.5 Å². The van der Waals surface area contributed by atoms with E-state index in [2.05, 4.69) is 0 Å². The highest BCUT2D eigenvalue weighted by Crippen LogP contribution is 2.27. The fourth-order valence-corrected chi connectivity index (χ4v) is 1.13. The summed E-state index contributed by atoms with van der Waals surface area (Å²) in [5.74, 6) is -1.22. The lowest BCUT2D eigenvalue weighted by molar-refractivity contribution is 0.363. The molecule has 4 heteroatoms. The molecule has 0 saturated carbocycles. The number of hydrogen-bond acceptors (Lipinski definition) is 3. The number of nitrogens with zero attached hydrogens (tertiary/aromatic N) is 1. The van der Waals surface area contributed by atoms with Crippen molar-refractivity contribution in [3.05, 3.63) is 23.5 Å². The van der Waals surface area contributed by atoms with E-state index < -0.39 is 11.6 Å². The van der Waals surface area contributed by atoms with E-state index in [9.17, 15) is 9.50 Å². The third kappa shape index (κ3) is 2.13. The number of methoxy groups -OCH3 is 1. The number of nitriles is 1. The first-order valence-corrected chi connectivity index (χ1v) is 4.11. The highest BCUT2D eigenvalue weighted by molar-refractivity contribution is 5.39. The van der Waals surface area contributed by atoms with Crippen LogP contribution in [0.2, 0.25) is 0 Å². The van der Waals surface area contributed by atoms with Gasteiger partial charge in [0.1, 0.15) is 0 Å². The molecule has 0 radical (unpaired) electrons. The van der Waals surface area contributed by atoms with E-state index in [4.69, 9.17) is 10.00 Å². The largest absolute Gasteiger partial charge is 0.505 e. The van der Waals surface area contributed by atoms with Gasteiger partial charge < -0.3 is 9.84 Å². The van der Waals surface area contributed by atoms with E-state index in [1.54, 1.807) is 0 Å². The molecule has 74 valence electrons. The summed E-state index contributed by atoms with van der Waals surface area (Å²) in [7, 11) is 1.33. The Morgan fingerprint density at radius 2 is 2.29 bits per heavy atom. The Morgan fingerprint density at radius 1 is 1.57 bits per heavy atom. The lowest BCUT2D eigenvalue weighted by atomic mass is 10.1. The molecular formula is C10H10FNO2. The van der Waals surface area contributed by atoms with Gasteiger partial charge in [0.2, 0.25) is 5.82 Å². The van der Waals surface area contributed by atoms with Crippen molar-refractivity contribution >= 4 is 0 Å². The second-order valence-corrected chi connectivity index (χ2v) is 2.79.